The molecule has 0 radical (unpaired) electrons. The molecule has 1 aromatic heterocycles. The van der Waals surface area contributed by atoms with Gasteiger partial charge in [-0.25, -0.2) is 0 Å². The highest BCUT2D eigenvalue weighted by Crippen LogP contribution is 2.35. The predicted molar refractivity (Wildman–Crippen MR) is 91.8 cm³/mol. The number of nitrogen functional groups attached to an aromatic ring is 1. The number of fused-ring (bicyclic) bond motifs is 1. The van der Waals surface area contributed by atoms with Crippen LogP contribution in [-0.4, -0.2) is 23.5 Å². The molecule has 1 saturated heterocycles. The van der Waals surface area contributed by atoms with Gasteiger partial charge in [-0.15, -0.1) is 11.3 Å². The van der Waals surface area contributed by atoms with E-state index >= 15 is 0 Å². The van der Waals surface area contributed by atoms with Gasteiger partial charge in [0.25, 0.3) is 5.91 Å². The second-order valence-electron chi connectivity index (χ2n) is 4.87. The van der Waals surface area contributed by atoms with E-state index in [0.29, 0.717) is 10.6 Å². The molecule has 3 nitrogen and oxygen atoms in total. The maximum atomic E-state index is 12.4. The summed E-state index contributed by atoms with van der Waals surface area (Å²) >= 11 is 6.81. The van der Waals surface area contributed by atoms with Crippen LogP contribution in [0.2, 0.25) is 0 Å². The van der Waals surface area contributed by atoms with Crippen molar-refractivity contribution >= 4 is 60.7 Å². The molecule has 6 heteroatoms. The number of halogens is 1. The molecule has 0 aliphatic carbocycles. The van der Waals surface area contributed by atoms with Gasteiger partial charge in [0, 0.05) is 26.4 Å². The SMILES string of the molecule is Nc1c(C(=O)NC2CCCSC2)sc2cc(Br)ccc12. The van der Waals surface area contributed by atoms with E-state index in [9.17, 15) is 4.79 Å². The molecule has 1 aliphatic heterocycles. The molecule has 0 bridgehead atoms. The Bertz CT molecular complexity index is 650. The van der Waals surface area contributed by atoms with E-state index in [1.54, 1.807) is 0 Å². The van der Waals surface area contributed by atoms with Gasteiger partial charge in [-0.05, 0) is 30.7 Å². The summed E-state index contributed by atoms with van der Waals surface area (Å²) in [5, 5.41) is 4.07. The summed E-state index contributed by atoms with van der Waals surface area (Å²) < 4.78 is 2.04. The predicted octanol–water partition coefficient (Wildman–Crippen LogP) is 3.87. The third-order valence-electron chi connectivity index (χ3n) is 3.39. The first kappa shape index (κ1) is 14.2. The van der Waals surface area contributed by atoms with Crippen LogP contribution in [0.5, 0.6) is 0 Å². The van der Waals surface area contributed by atoms with Crippen LogP contribution in [0.1, 0.15) is 22.5 Å². The van der Waals surface area contributed by atoms with Crippen molar-refractivity contribution in [1.29, 1.82) is 0 Å². The second kappa shape index (κ2) is 5.95. The van der Waals surface area contributed by atoms with Gasteiger partial charge in [-0.3, -0.25) is 4.79 Å². The van der Waals surface area contributed by atoms with Gasteiger partial charge < -0.3 is 11.1 Å². The van der Waals surface area contributed by atoms with E-state index < -0.39 is 0 Å². The third-order valence-corrected chi connectivity index (χ3v) is 6.27. The topological polar surface area (TPSA) is 55.1 Å². The molecule has 1 unspecified atom stereocenters. The Balaban J connectivity index is 1.85. The first-order chi connectivity index (χ1) is 9.65. The molecule has 0 saturated carbocycles. The molecular formula is C14H15BrN2OS2. The number of carbonyl (C=O) groups is 1. The van der Waals surface area contributed by atoms with Gasteiger partial charge in [0.1, 0.15) is 4.88 Å². The zero-order chi connectivity index (χ0) is 14.1. The number of rotatable bonds is 2. The average Bonchev–Trinajstić information content (AvgIpc) is 2.76. The van der Waals surface area contributed by atoms with Crippen LogP contribution >= 0.6 is 39.0 Å². The van der Waals surface area contributed by atoms with Crippen LogP contribution in [0.15, 0.2) is 22.7 Å². The highest BCUT2D eigenvalue weighted by Gasteiger charge is 2.21. The Morgan fingerprint density at radius 1 is 1.45 bits per heavy atom. The minimum atomic E-state index is -0.0349. The summed E-state index contributed by atoms with van der Waals surface area (Å²) in [5.74, 6) is 2.17. The fraction of sp³-hybridized carbons (Fsp3) is 0.357. The molecular weight excluding hydrogens is 356 g/mol. The number of hydrogen-bond donors (Lipinski definition) is 2. The lowest BCUT2D eigenvalue weighted by atomic mass is 10.1. The smallest absolute Gasteiger partial charge is 0.263 e. The standard InChI is InChI=1S/C14H15BrN2OS2/c15-8-3-4-10-11(6-8)20-13(12(10)16)14(18)17-9-2-1-5-19-7-9/h3-4,6,9H,1-2,5,7,16H2,(H,17,18). The summed E-state index contributed by atoms with van der Waals surface area (Å²) in [6.45, 7) is 0. The van der Waals surface area contributed by atoms with Crippen molar-refractivity contribution in [2.24, 2.45) is 0 Å². The molecule has 1 amide bonds. The molecule has 2 heterocycles. The van der Waals surface area contributed by atoms with Gasteiger partial charge in [0.2, 0.25) is 0 Å². The number of thiophene rings is 1. The summed E-state index contributed by atoms with van der Waals surface area (Å²) in [4.78, 5) is 13.0. The second-order valence-corrected chi connectivity index (χ2v) is 7.99. The number of anilines is 1. The summed E-state index contributed by atoms with van der Waals surface area (Å²) in [7, 11) is 0. The zero-order valence-electron chi connectivity index (χ0n) is 10.8. The van der Waals surface area contributed by atoms with Crippen LogP contribution < -0.4 is 11.1 Å². The van der Waals surface area contributed by atoms with Gasteiger partial charge in [-0.1, -0.05) is 22.0 Å². The lowest BCUT2D eigenvalue weighted by Crippen LogP contribution is -2.38. The van der Waals surface area contributed by atoms with E-state index in [2.05, 4.69) is 21.2 Å². The van der Waals surface area contributed by atoms with E-state index in [1.165, 1.54) is 23.5 Å². The minimum absolute atomic E-state index is 0.0349. The van der Waals surface area contributed by atoms with Crippen molar-refractivity contribution < 1.29 is 4.79 Å². The Kier molecular flexibility index (Phi) is 4.23. The Morgan fingerprint density at radius 2 is 2.30 bits per heavy atom. The molecule has 3 N–H and O–H groups in total. The molecule has 1 aliphatic rings. The molecule has 1 aromatic carbocycles. The lowest BCUT2D eigenvalue weighted by molar-refractivity contribution is 0.0943. The maximum absolute atomic E-state index is 12.4. The van der Waals surface area contributed by atoms with Crippen LogP contribution in [0.25, 0.3) is 10.1 Å². The highest BCUT2D eigenvalue weighted by molar-refractivity contribution is 9.10. The molecule has 106 valence electrons. The van der Waals surface area contributed by atoms with Crippen molar-refractivity contribution in [1.82, 2.24) is 5.32 Å². The number of nitrogens with one attached hydrogen (secondary N) is 1. The van der Waals surface area contributed by atoms with E-state index in [0.717, 1.165) is 26.7 Å². The Labute approximate surface area is 134 Å². The van der Waals surface area contributed by atoms with Crippen molar-refractivity contribution in [3.8, 4) is 0 Å². The number of benzene rings is 1. The normalized spacial score (nSPS) is 19.1. The first-order valence-corrected chi connectivity index (χ1v) is 9.27. The summed E-state index contributed by atoms with van der Waals surface area (Å²) in [6, 6.07) is 6.19. The van der Waals surface area contributed by atoms with Crippen LogP contribution in [0.4, 0.5) is 5.69 Å². The molecule has 2 aromatic rings. The first-order valence-electron chi connectivity index (χ1n) is 6.51. The van der Waals surface area contributed by atoms with Gasteiger partial charge in [0.15, 0.2) is 0 Å². The maximum Gasteiger partial charge on any atom is 0.263 e. The van der Waals surface area contributed by atoms with Crippen molar-refractivity contribution in [2.75, 3.05) is 17.2 Å². The summed E-state index contributed by atoms with van der Waals surface area (Å²) in [5.41, 5.74) is 6.72. The number of nitrogens with two attached hydrogens (primary N) is 1. The highest BCUT2D eigenvalue weighted by atomic mass is 79.9. The fourth-order valence-corrected chi connectivity index (χ4v) is 5.01. The van der Waals surface area contributed by atoms with E-state index in [4.69, 9.17) is 5.73 Å². The number of carbonyl (C=O) groups excluding carboxylic acids is 1. The minimum Gasteiger partial charge on any atom is -0.397 e. The van der Waals surface area contributed by atoms with Crippen LogP contribution in [0.3, 0.4) is 0 Å². The third kappa shape index (κ3) is 2.82. The largest absolute Gasteiger partial charge is 0.397 e. The number of amides is 1. The fourth-order valence-electron chi connectivity index (χ4n) is 2.36. The molecule has 1 fully saturated rings. The van der Waals surface area contributed by atoms with E-state index in [1.807, 2.05) is 30.0 Å². The summed E-state index contributed by atoms with van der Waals surface area (Å²) in [6.07, 6.45) is 2.24. The van der Waals surface area contributed by atoms with Gasteiger partial charge >= 0.3 is 0 Å². The zero-order valence-corrected chi connectivity index (χ0v) is 14.0. The quantitative estimate of drug-likeness (QED) is 0.843. The number of hydrogen-bond acceptors (Lipinski definition) is 4. The van der Waals surface area contributed by atoms with Crippen molar-refractivity contribution in [3.05, 3.63) is 27.5 Å². The Morgan fingerprint density at radius 3 is 3.05 bits per heavy atom. The van der Waals surface area contributed by atoms with Crippen LogP contribution in [-0.2, 0) is 0 Å². The number of thioether (sulfide) groups is 1. The van der Waals surface area contributed by atoms with E-state index in [-0.39, 0.29) is 11.9 Å². The Hall–Kier alpha value is -0.720. The lowest BCUT2D eigenvalue weighted by Gasteiger charge is -2.22. The molecule has 1 atom stereocenters. The van der Waals surface area contributed by atoms with Gasteiger partial charge in [-0.2, -0.15) is 11.8 Å². The monoisotopic (exact) mass is 370 g/mol. The van der Waals surface area contributed by atoms with Gasteiger partial charge in [0.05, 0.1) is 5.69 Å². The van der Waals surface area contributed by atoms with Crippen molar-refractivity contribution in [2.45, 2.75) is 18.9 Å². The molecule has 0 spiro atoms. The molecule has 20 heavy (non-hydrogen) atoms. The van der Waals surface area contributed by atoms with Crippen LogP contribution in [0, 0.1) is 0 Å². The van der Waals surface area contributed by atoms with Crippen molar-refractivity contribution in [3.63, 3.8) is 0 Å². The molecule has 3 rings (SSSR count). The average molecular weight is 371 g/mol.